The largest absolute Gasteiger partial charge is 0.324 e. The zero-order valence-electron chi connectivity index (χ0n) is 16.0. The third kappa shape index (κ3) is 3.05. The van der Waals surface area contributed by atoms with Crippen LogP contribution in [0.15, 0.2) is 71.6 Å². The monoisotopic (exact) mass is 391 g/mol. The Morgan fingerprint density at radius 3 is 2.14 bits per heavy atom. The van der Waals surface area contributed by atoms with Crippen molar-refractivity contribution < 1.29 is 8.42 Å². The normalized spacial score (nSPS) is 11.7. The summed E-state index contributed by atoms with van der Waals surface area (Å²) in [5.41, 5.74) is 5.06. The second-order valence-corrected chi connectivity index (χ2v) is 8.69. The Hall–Kier alpha value is -3.12. The maximum Gasteiger partial charge on any atom is 0.271 e. The molecule has 1 N–H and O–H groups in total. The van der Waals surface area contributed by atoms with E-state index in [9.17, 15) is 8.42 Å². The van der Waals surface area contributed by atoms with E-state index in [2.05, 4.69) is 10.3 Å². The van der Waals surface area contributed by atoms with Crippen molar-refractivity contribution in [3.8, 4) is 0 Å². The van der Waals surface area contributed by atoms with Gasteiger partial charge in [0.2, 0.25) is 5.95 Å². The van der Waals surface area contributed by atoms with Crippen molar-refractivity contribution in [1.82, 2.24) is 8.96 Å². The van der Waals surface area contributed by atoms with Gasteiger partial charge in [-0.1, -0.05) is 48.0 Å². The molecule has 0 saturated heterocycles. The van der Waals surface area contributed by atoms with Crippen LogP contribution in [-0.4, -0.2) is 17.4 Å². The van der Waals surface area contributed by atoms with Crippen molar-refractivity contribution in [3.05, 3.63) is 83.4 Å². The first kappa shape index (κ1) is 18.3. The van der Waals surface area contributed by atoms with Crippen LogP contribution in [0.5, 0.6) is 0 Å². The van der Waals surface area contributed by atoms with Gasteiger partial charge >= 0.3 is 0 Å². The number of hydrogen-bond acceptors (Lipinski definition) is 4. The molecule has 0 saturated carbocycles. The fraction of sp³-hybridized carbons (Fsp3) is 0.136. The molecule has 1 heterocycles. The van der Waals surface area contributed by atoms with Crippen molar-refractivity contribution in [2.45, 2.75) is 25.7 Å². The van der Waals surface area contributed by atoms with Crippen LogP contribution in [0, 0.1) is 20.8 Å². The first-order valence-electron chi connectivity index (χ1n) is 9.01. The average molecular weight is 391 g/mol. The molecule has 0 amide bonds. The summed E-state index contributed by atoms with van der Waals surface area (Å²) in [5, 5.41) is 3.26. The Kier molecular flexibility index (Phi) is 4.43. The highest BCUT2D eigenvalue weighted by Gasteiger charge is 2.25. The number of anilines is 2. The van der Waals surface area contributed by atoms with Crippen molar-refractivity contribution >= 4 is 32.7 Å². The third-order valence-electron chi connectivity index (χ3n) is 4.80. The number of imidazole rings is 1. The molecule has 6 heteroatoms. The number of nitrogens with one attached hydrogen (secondary N) is 1. The lowest BCUT2D eigenvalue weighted by Crippen LogP contribution is -2.16. The van der Waals surface area contributed by atoms with E-state index in [-0.39, 0.29) is 10.8 Å². The molecule has 142 valence electrons. The molecule has 0 aliphatic rings. The number of benzene rings is 3. The minimum absolute atomic E-state index is 0.228. The van der Waals surface area contributed by atoms with E-state index in [0.29, 0.717) is 11.0 Å². The summed E-state index contributed by atoms with van der Waals surface area (Å²) in [6, 6.07) is 20.0. The predicted molar refractivity (Wildman–Crippen MR) is 113 cm³/mol. The lowest BCUT2D eigenvalue weighted by molar-refractivity contribution is 0.589. The lowest BCUT2D eigenvalue weighted by Gasteiger charge is -2.15. The smallest absolute Gasteiger partial charge is 0.271 e. The van der Waals surface area contributed by atoms with Crippen LogP contribution < -0.4 is 5.32 Å². The maximum atomic E-state index is 13.5. The highest BCUT2D eigenvalue weighted by Crippen LogP contribution is 2.30. The number of aryl methyl sites for hydroxylation is 3. The van der Waals surface area contributed by atoms with Gasteiger partial charge in [-0.3, -0.25) is 0 Å². The van der Waals surface area contributed by atoms with Crippen LogP contribution in [0.2, 0.25) is 0 Å². The summed E-state index contributed by atoms with van der Waals surface area (Å²) < 4.78 is 28.3. The standard InChI is InChI=1S/C22H21N3O2S/c1-15-11-13-18(14-12-15)28(26,27)25-20-10-5-4-9-19(20)23-22(25)24-21-16(2)7-6-8-17(21)3/h4-14H,1-3H3,(H,23,24). The second-order valence-electron chi connectivity index (χ2n) is 6.90. The van der Waals surface area contributed by atoms with E-state index >= 15 is 0 Å². The van der Waals surface area contributed by atoms with Crippen LogP contribution in [0.25, 0.3) is 11.0 Å². The molecule has 4 rings (SSSR count). The lowest BCUT2D eigenvalue weighted by atomic mass is 10.1. The summed E-state index contributed by atoms with van der Waals surface area (Å²) in [4.78, 5) is 4.80. The summed E-state index contributed by atoms with van der Waals surface area (Å²) in [6.45, 7) is 5.89. The van der Waals surface area contributed by atoms with E-state index in [4.69, 9.17) is 0 Å². The molecular weight excluding hydrogens is 370 g/mol. The van der Waals surface area contributed by atoms with Gasteiger partial charge in [-0.2, -0.15) is 0 Å². The molecule has 0 radical (unpaired) electrons. The van der Waals surface area contributed by atoms with Crippen LogP contribution in [-0.2, 0) is 10.0 Å². The van der Waals surface area contributed by atoms with Crippen LogP contribution >= 0.6 is 0 Å². The van der Waals surface area contributed by atoms with Crippen molar-refractivity contribution in [2.75, 3.05) is 5.32 Å². The maximum absolute atomic E-state index is 13.5. The zero-order chi connectivity index (χ0) is 19.9. The zero-order valence-corrected chi connectivity index (χ0v) is 16.8. The molecule has 5 nitrogen and oxygen atoms in total. The summed E-state index contributed by atoms with van der Waals surface area (Å²) in [5.74, 6) is 0.277. The molecule has 0 fully saturated rings. The number of para-hydroxylation sites is 3. The van der Waals surface area contributed by atoms with E-state index in [1.54, 1.807) is 30.3 Å². The molecule has 4 aromatic rings. The van der Waals surface area contributed by atoms with E-state index in [1.165, 1.54) is 3.97 Å². The van der Waals surface area contributed by atoms with Gasteiger partial charge in [-0.25, -0.2) is 17.4 Å². The SMILES string of the molecule is Cc1ccc(S(=O)(=O)n2c(Nc3c(C)cccc3C)nc3ccccc32)cc1. The number of hydrogen-bond donors (Lipinski definition) is 1. The predicted octanol–water partition coefficient (Wildman–Crippen LogP) is 4.94. The molecule has 28 heavy (non-hydrogen) atoms. The van der Waals surface area contributed by atoms with Gasteiger partial charge in [0.05, 0.1) is 15.9 Å². The summed E-state index contributed by atoms with van der Waals surface area (Å²) in [7, 11) is -3.82. The highest BCUT2D eigenvalue weighted by atomic mass is 32.2. The van der Waals surface area contributed by atoms with Crippen LogP contribution in [0.1, 0.15) is 16.7 Å². The average Bonchev–Trinajstić information content (AvgIpc) is 3.04. The van der Waals surface area contributed by atoms with Gasteiger partial charge in [0, 0.05) is 5.69 Å². The van der Waals surface area contributed by atoms with Crippen LogP contribution in [0.3, 0.4) is 0 Å². The van der Waals surface area contributed by atoms with E-state index in [0.717, 1.165) is 22.4 Å². The number of nitrogens with zero attached hydrogens (tertiary/aromatic N) is 2. The molecule has 3 aromatic carbocycles. The fourth-order valence-electron chi connectivity index (χ4n) is 3.27. The molecular formula is C22H21N3O2S. The van der Waals surface area contributed by atoms with Gasteiger partial charge in [-0.15, -0.1) is 0 Å². The minimum atomic E-state index is -3.82. The Labute approximate surface area is 164 Å². The Morgan fingerprint density at radius 2 is 1.46 bits per heavy atom. The molecule has 0 atom stereocenters. The molecule has 0 aliphatic heterocycles. The highest BCUT2D eigenvalue weighted by molar-refractivity contribution is 7.90. The topological polar surface area (TPSA) is 64.0 Å². The minimum Gasteiger partial charge on any atom is -0.324 e. The quantitative estimate of drug-likeness (QED) is 0.535. The second kappa shape index (κ2) is 6.80. The molecule has 1 aromatic heterocycles. The summed E-state index contributed by atoms with van der Waals surface area (Å²) in [6.07, 6.45) is 0. The third-order valence-corrected chi connectivity index (χ3v) is 6.51. The van der Waals surface area contributed by atoms with Crippen molar-refractivity contribution in [1.29, 1.82) is 0 Å². The van der Waals surface area contributed by atoms with Crippen molar-refractivity contribution in [3.63, 3.8) is 0 Å². The van der Waals surface area contributed by atoms with E-state index in [1.807, 2.05) is 57.2 Å². The first-order chi connectivity index (χ1) is 13.4. The summed E-state index contributed by atoms with van der Waals surface area (Å²) >= 11 is 0. The van der Waals surface area contributed by atoms with Gasteiger partial charge in [-0.05, 0) is 56.2 Å². The fourth-order valence-corrected chi connectivity index (χ4v) is 4.68. The van der Waals surface area contributed by atoms with Gasteiger partial charge in [0.1, 0.15) is 0 Å². The molecule has 0 aliphatic carbocycles. The van der Waals surface area contributed by atoms with Gasteiger partial charge in [0.15, 0.2) is 0 Å². The Morgan fingerprint density at radius 1 is 0.821 bits per heavy atom. The number of fused-ring (bicyclic) bond motifs is 1. The molecule has 0 bridgehead atoms. The number of aromatic nitrogens is 2. The molecule has 0 unspecified atom stereocenters. The number of rotatable bonds is 4. The first-order valence-corrected chi connectivity index (χ1v) is 10.4. The van der Waals surface area contributed by atoms with Crippen LogP contribution in [0.4, 0.5) is 11.6 Å². The van der Waals surface area contributed by atoms with Crippen molar-refractivity contribution in [2.24, 2.45) is 0 Å². The van der Waals surface area contributed by atoms with E-state index < -0.39 is 10.0 Å². The van der Waals surface area contributed by atoms with Gasteiger partial charge < -0.3 is 5.32 Å². The van der Waals surface area contributed by atoms with Gasteiger partial charge in [0.25, 0.3) is 10.0 Å². The Balaban J connectivity index is 1.95. The Bertz CT molecular complexity index is 1250. The molecule has 0 spiro atoms.